The Kier molecular flexibility index (Phi) is 7.30. The zero-order valence-corrected chi connectivity index (χ0v) is 19.6. The lowest BCUT2D eigenvalue weighted by atomic mass is 9.99. The number of para-hydroxylation sites is 1. The van der Waals surface area contributed by atoms with Gasteiger partial charge in [-0.3, -0.25) is 9.59 Å². The van der Waals surface area contributed by atoms with Crippen LogP contribution in [0.4, 0.5) is 5.69 Å². The van der Waals surface area contributed by atoms with Crippen molar-refractivity contribution in [3.8, 4) is 11.5 Å². The Balaban J connectivity index is 1.39. The zero-order valence-electron chi connectivity index (χ0n) is 19.6. The highest BCUT2D eigenvalue weighted by Crippen LogP contribution is 2.33. The summed E-state index contributed by atoms with van der Waals surface area (Å²) in [7, 11) is 3.15. The van der Waals surface area contributed by atoms with E-state index in [1.165, 1.54) is 0 Å². The fourth-order valence-corrected chi connectivity index (χ4v) is 3.95. The monoisotopic (exact) mass is 474 g/mol. The highest BCUT2D eigenvalue weighted by Gasteiger charge is 2.24. The Bertz CT molecular complexity index is 1240. The molecule has 3 aromatic rings. The van der Waals surface area contributed by atoms with Gasteiger partial charge in [0.05, 0.1) is 25.5 Å². The first-order valence-corrected chi connectivity index (χ1v) is 11.1. The summed E-state index contributed by atoms with van der Waals surface area (Å²) in [6.45, 7) is 0.487. The number of nitrogens with one attached hydrogen (secondary N) is 1. The van der Waals surface area contributed by atoms with Crippen LogP contribution < -0.4 is 14.8 Å². The van der Waals surface area contributed by atoms with Crippen molar-refractivity contribution in [1.82, 2.24) is 4.90 Å². The van der Waals surface area contributed by atoms with E-state index in [9.17, 15) is 14.4 Å². The van der Waals surface area contributed by atoms with E-state index in [-0.39, 0.29) is 17.4 Å². The van der Waals surface area contributed by atoms with Crippen molar-refractivity contribution in [2.75, 3.05) is 32.7 Å². The van der Waals surface area contributed by atoms with Crippen molar-refractivity contribution in [1.29, 1.82) is 0 Å². The number of carbonyl (C=O) groups excluding carboxylic acids is 3. The summed E-state index contributed by atoms with van der Waals surface area (Å²) in [4.78, 5) is 39.7. The number of esters is 1. The lowest BCUT2D eigenvalue weighted by Gasteiger charge is -2.29. The van der Waals surface area contributed by atoms with Crippen LogP contribution in [0.25, 0.3) is 0 Å². The van der Waals surface area contributed by atoms with E-state index >= 15 is 0 Å². The molecule has 2 amide bonds. The Morgan fingerprint density at radius 2 is 1.54 bits per heavy atom. The summed E-state index contributed by atoms with van der Waals surface area (Å²) in [5.41, 5.74) is 3.00. The quantitative estimate of drug-likeness (QED) is 0.525. The molecule has 3 aromatic carbocycles. The number of anilines is 1. The largest absolute Gasteiger partial charge is 0.493 e. The van der Waals surface area contributed by atoms with Crippen molar-refractivity contribution in [2.24, 2.45) is 0 Å². The van der Waals surface area contributed by atoms with Crippen LogP contribution in [0.2, 0.25) is 0 Å². The number of ether oxygens (including phenoxy) is 3. The van der Waals surface area contributed by atoms with Gasteiger partial charge >= 0.3 is 5.97 Å². The van der Waals surface area contributed by atoms with Gasteiger partial charge in [-0.1, -0.05) is 30.3 Å². The lowest BCUT2D eigenvalue weighted by molar-refractivity contribution is -0.135. The predicted octanol–water partition coefficient (Wildman–Crippen LogP) is 3.70. The Hall–Kier alpha value is -4.33. The molecule has 0 aromatic heterocycles. The normalized spacial score (nSPS) is 12.3. The van der Waals surface area contributed by atoms with Crippen LogP contribution in [0.1, 0.15) is 31.8 Å². The van der Waals surface area contributed by atoms with Crippen LogP contribution >= 0.6 is 0 Å². The molecule has 0 unspecified atom stereocenters. The summed E-state index contributed by atoms with van der Waals surface area (Å²) in [5.74, 6) is -0.0872. The molecule has 8 nitrogen and oxygen atoms in total. The number of rotatable bonds is 7. The molecule has 1 aliphatic rings. The molecule has 35 heavy (non-hydrogen) atoms. The van der Waals surface area contributed by atoms with Crippen LogP contribution in [0, 0.1) is 0 Å². The smallest absolute Gasteiger partial charge is 0.340 e. The Morgan fingerprint density at radius 3 is 2.26 bits per heavy atom. The molecule has 1 heterocycles. The maximum Gasteiger partial charge on any atom is 0.340 e. The number of hydrogen-bond acceptors (Lipinski definition) is 6. The molecule has 0 bridgehead atoms. The molecule has 0 atom stereocenters. The van der Waals surface area contributed by atoms with Crippen molar-refractivity contribution < 1.29 is 28.6 Å². The summed E-state index contributed by atoms with van der Waals surface area (Å²) in [6.07, 6.45) is 0.656. The third-order valence-electron chi connectivity index (χ3n) is 5.83. The first kappa shape index (κ1) is 23.8. The number of amides is 2. The second-order valence-corrected chi connectivity index (χ2v) is 7.98. The fourth-order valence-electron chi connectivity index (χ4n) is 3.95. The van der Waals surface area contributed by atoms with E-state index in [1.54, 1.807) is 67.7 Å². The lowest BCUT2D eigenvalue weighted by Crippen LogP contribution is -2.38. The van der Waals surface area contributed by atoms with Gasteiger partial charge in [0, 0.05) is 18.7 Å². The van der Waals surface area contributed by atoms with Gasteiger partial charge < -0.3 is 24.4 Å². The molecule has 0 saturated carbocycles. The van der Waals surface area contributed by atoms with Crippen molar-refractivity contribution in [3.05, 3.63) is 89.0 Å². The van der Waals surface area contributed by atoms with Crippen LogP contribution in [-0.4, -0.2) is 50.1 Å². The van der Waals surface area contributed by atoms with Crippen molar-refractivity contribution in [2.45, 2.75) is 13.0 Å². The average molecular weight is 475 g/mol. The molecule has 1 aliphatic heterocycles. The molecule has 0 saturated heterocycles. The minimum atomic E-state index is -0.689. The van der Waals surface area contributed by atoms with E-state index in [2.05, 4.69) is 5.32 Å². The van der Waals surface area contributed by atoms with Gasteiger partial charge in [-0.05, 0) is 53.9 Å². The summed E-state index contributed by atoms with van der Waals surface area (Å²) in [6, 6.07) is 19.0. The topological polar surface area (TPSA) is 94.2 Å². The number of carbonyl (C=O) groups is 3. The fraction of sp³-hybridized carbons (Fsp3) is 0.222. The molecule has 4 rings (SSSR count). The van der Waals surface area contributed by atoms with E-state index in [4.69, 9.17) is 14.2 Å². The van der Waals surface area contributed by atoms with Crippen molar-refractivity contribution >= 4 is 23.5 Å². The first-order chi connectivity index (χ1) is 17.0. The highest BCUT2D eigenvalue weighted by molar-refractivity contribution is 6.08. The molecule has 0 radical (unpaired) electrons. The predicted molar refractivity (Wildman–Crippen MR) is 130 cm³/mol. The first-order valence-electron chi connectivity index (χ1n) is 11.1. The number of benzene rings is 3. The van der Waals surface area contributed by atoms with Crippen LogP contribution in [0.5, 0.6) is 11.5 Å². The van der Waals surface area contributed by atoms with Crippen molar-refractivity contribution in [3.63, 3.8) is 0 Å². The third kappa shape index (κ3) is 5.43. The molecular formula is C27H26N2O6. The number of hydrogen-bond donors (Lipinski definition) is 1. The van der Waals surface area contributed by atoms with Crippen LogP contribution in [-0.2, 0) is 22.5 Å². The maximum atomic E-state index is 12.8. The molecule has 0 spiro atoms. The second kappa shape index (κ2) is 10.7. The minimum absolute atomic E-state index is 0.172. The maximum absolute atomic E-state index is 12.8. The summed E-state index contributed by atoms with van der Waals surface area (Å²) >= 11 is 0. The summed E-state index contributed by atoms with van der Waals surface area (Å²) in [5, 5.41) is 2.73. The zero-order chi connectivity index (χ0) is 24.8. The molecule has 180 valence electrons. The van der Waals surface area contributed by atoms with E-state index in [0.29, 0.717) is 42.3 Å². The van der Waals surface area contributed by atoms with E-state index in [1.807, 2.05) is 18.2 Å². The van der Waals surface area contributed by atoms with Gasteiger partial charge in [-0.2, -0.15) is 0 Å². The van der Waals surface area contributed by atoms with E-state index < -0.39 is 12.6 Å². The van der Waals surface area contributed by atoms with Gasteiger partial charge in [-0.15, -0.1) is 0 Å². The number of methoxy groups -OCH3 is 2. The minimum Gasteiger partial charge on any atom is -0.493 e. The second-order valence-electron chi connectivity index (χ2n) is 7.98. The molecule has 8 heteroatoms. The van der Waals surface area contributed by atoms with Gasteiger partial charge in [-0.25, -0.2) is 4.79 Å². The van der Waals surface area contributed by atoms with Gasteiger partial charge in [0.25, 0.3) is 11.8 Å². The standard InChI is InChI=1S/C27H26N2O6/c1-33-23-14-19-12-13-29(16-20(19)15-24(23)34-2)25(30)17-35-27(32)21-10-6-7-11-22(21)28-26(31)18-8-4-3-5-9-18/h3-11,14-15H,12-13,16-17H2,1-2H3,(H,28,31). The van der Waals surface area contributed by atoms with Gasteiger partial charge in [0.1, 0.15) is 0 Å². The van der Waals surface area contributed by atoms with Gasteiger partial charge in [0.2, 0.25) is 0 Å². The number of fused-ring (bicyclic) bond motifs is 1. The number of nitrogens with zero attached hydrogens (tertiary/aromatic N) is 1. The third-order valence-corrected chi connectivity index (χ3v) is 5.83. The molecule has 0 fully saturated rings. The highest BCUT2D eigenvalue weighted by atomic mass is 16.5. The van der Waals surface area contributed by atoms with Crippen LogP contribution in [0.3, 0.4) is 0 Å². The van der Waals surface area contributed by atoms with Gasteiger partial charge in [0.15, 0.2) is 18.1 Å². The molecule has 1 N–H and O–H groups in total. The molecule has 0 aliphatic carbocycles. The Morgan fingerprint density at radius 1 is 0.886 bits per heavy atom. The Labute approximate surface area is 203 Å². The average Bonchev–Trinajstić information content (AvgIpc) is 2.91. The van der Waals surface area contributed by atoms with Crippen LogP contribution in [0.15, 0.2) is 66.7 Å². The van der Waals surface area contributed by atoms with E-state index in [0.717, 1.165) is 11.1 Å². The summed E-state index contributed by atoms with van der Waals surface area (Å²) < 4.78 is 16.0. The SMILES string of the molecule is COc1cc2c(cc1OC)CN(C(=O)COC(=O)c1ccccc1NC(=O)c1ccccc1)CC2. The molecular weight excluding hydrogens is 448 g/mol.